The fraction of sp³-hybridized carbons (Fsp3) is 1.00. The van der Waals surface area contributed by atoms with Gasteiger partial charge in [0.1, 0.15) is 0 Å². The van der Waals surface area contributed by atoms with Crippen LogP contribution in [0.2, 0.25) is 0 Å². The van der Waals surface area contributed by atoms with Crippen molar-refractivity contribution in [3.8, 4) is 0 Å². The maximum absolute atomic E-state index is 5.83. The van der Waals surface area contributed by atoms with Crippen molar-refractivity contribution in [1.82, 2.24) is 4.90 Å². The molecule has 2 aliphatic rings. The Bertz CT molecular complexity index is 218. The first-order chi connectivity index (χ1) is 7.12. The highest BCUT2D eigenvalue weighted by atomic mass is 16.5. The lowest BCUT2D eigenvalue weighted by Crippen LogP contribution is -2.49. The summed E-state index contributed by atoms with van der Waals surface area (Å²) < 4.78 is 5.77. The summed E-state index contributed by atoms with van der Waals surface area (Å²) in [6.07, 6.45) is 4.94. The molecule has 3 heteroatoms. The monoisotopic (exact) mass is 212 g/mol. The van der Waals surface area contributed by atoms with Crippen LogP contribution in [-0.2, 0) is 4.74 Å². The third-order valence-corrected chi connectivity index (χ3v) is 3.83. The van der Waals surface area contributed by atoms with Crippen LogP contribution in [0.1, 0.15) is 39.5 Å². The molecule has 2 N–H and O–H groups in total. The van der Waals surface area contributed by atoms with E-state index < -0.39 is 0 Å². The second kappa shape index (κ2) is 4.40. The zero-order valence-corrected chi connectivity index (χ0v) is 10.0. The molecule has 15 heavy (non-hydrogen) atoms. The van der Waals surface area contributed by atoms with Gasteiger partial charge in [-0.2, -0.15) is 0 Å². The fourth-order valence-corrected chi connectivity index (χ4v) is 3.07. The number of hydrogen-bond donors (Lipinski definition) is 1. The first-order valence-corrected chi connectivity index (χ1v) is 6.22. The molecule has 2 atom stereocenters. The van der Waals surface area contributed by atoms with Crippen molar-refractivity contribution >= 4 is 0 Å². The molecule has 0 aromatic heterocycles. The summed E-state index contributed by atoms with van der Waals surface area (Å²) in [7, 11) is 0. The van der Waals surface area contributed by atoms with E-state index >= 15 is 0 Å². The predicted octanol–water partition coefficient (Wildman–Crippen LogP) is 1.37. The van der Waals surface area contributed by atoms with E-state index in [0.717, 1.165) is 19.6 Å². The number of nitrogens with two attached hydrogens (primary N) is 1. The van der Waals surface area contributed by atoms with E-state index in [1.807, 2.05) is 0 Å². The van der Waals surface area contributed by atoms with Crippen LogP contribution in [0.5, 0.6) is 0 Å². The first kappa shape index (κ1) is 11.4. The zero-order valence-electron chi connectivity index (χ0n) is 10.0. The minimum atomic E-state index is 0.0602. The van der Waals surface area contributed by atoms with Gasteiger partial charge < -0.3 is 10.5 Å². The molecule has 3 nitrogen and oxygen atoms in total. The number of nitrogens with zero attached hydrogens (tertiary/aromatic N) is 1. The van der Waals surface area contributed by atoms with Gasteiger partial charge in [-0.15, -0.1) is 0 Å². The normalized spacial score (nSPS) is 37.0. The van der Waals surface area contributed by atoms with Crippen molar-refractivity contribution in [2.24, 2.45) is 5.73 Å². The molecule has 0 spiro atoms. The molecule has 0 bridgehead atoms. The third-order valence-electron chi connectivity index (χ3n) is 3.83. The molecule has 2 fully saturated rings. The van der Waals surface area contributed by atoms with Gasteiger partial charge in [0.25, 0.3) is 0 Å². The minimum Gasteiger partial charge on any atom is -0.375 e. The van der Waals surface area contributed by atoms with Gasteiger partial charge in [-0.1, -0.05) is 0 Å². The van der Waals surface area contributed by atoms with Crippen LogP contribution in [0.25, 0.3) is 0 Å². The van der Waals surface area contributed by atoms with Gasteiger partial charge in [0, 0.05) is 25.2 Å². The van der Waals surface area contributed by atoms with Crippen molar-refractivity contribution in [2.75, 3.05) is 19.7 Å². The molecule has 0 radical (unpaired) electrons. The molecule has 0 aliphatic carbocycles. The number of likely N-dealkylation sites (tertiary alicyclic amines) is 1. The van der Waals surface area contributed by atoms with Gasteiger partial charge in [-0.3, -0.25) is 4.90 Å². The summed E-state index contributed by atoms with van der Waals surface area (Å²) in [6, 6.07) is 1.33. The smallest absolute Gasteiger partial charge is 0.0641 e. The van der Waals surface area contributed by atoms with E-state index in [0.29, 0.717) is 12.1 Å². The van der Waals surface area contributed by atoms with E-state index in [1.54, 1.807) is 0 Å². The van der Waals surface area contributed by atoms with Crippen molar-refractivity contribution in [3.63, 3.8) is 0 Å². The van der Waals surface area contributed by atoms with Crippen LogP contribution < -0.4 is 5.73 Å². The Morgan fingerprint density at radius 1 is 1.40 bits per heavy atom. The molecule has 2 heterocycles. The minimum absolute atomic E-state index is 0.0602. The molecular weight excluding hydrogens is 188 g/mol. The van der Waals surface area contributed by atoms with Crippen LogP contribution in [0.15, 0.2) is 0 Å². The summed E-state index contributed by atoms with van der Waals surface area (Å²) >= 11 is 0. The predicted molar refractivity (Wildman–Crippen MR) is 61.8 cm³/mol. The Morgan fingerprint density at radius 2 is 2.20 bits per heavy atom. The first-order valence-electron chi connectivity index (χ1n) is 6.22. The second-order valence-electron chi connectivity index (χ2n) is 5.52. The Morgan fingerprint density at radius 3 is 2.87 bits per heavy atom. The fourth-order valence-electron chi connectivity index (χ4n) is 3.07. The number of hydrogen-bond acceptors (Lipinski definition) is 3. The highest BCUT2D eigenvalue weighted by Crippen LogP contribution is 2.31. The lowest BCUT2D eigenvalue weighted by molar-refractivity contribution is -0.0845. The van der Waals surface area contributed by atoms with Gasteiger partial charge in [0.15, 0.2) is 0 Å². The zero-order chi connectivity index (χ0) is 10.9. The molecule has 88 valence electrons. The standard InChI is InChI=1S/C12H24N2O/c1-12(2)8-10(5-7-15-12)14-6-3-4-11(14)9-13/h10-11H,3-9,13H2,1-2H3. The molecule has 2 unspecified atom stereocenters. The van der Waals surface area contributed by atoms with E-state index in [9.17, 15) is 0 Å². The topological polar surface area (TPSA) is 38.5 Å². The molecule has 2 aliphatic heterocycles. The van der Waals surface area contributed by atoms with Gasteiger partial charge in [-0.05, 0) is 46.1 Å². The van der Waals surface area contributed by atoms with Crippen molar-refractivity contribution < 1.29 is 4.74 Å². The summed E-state index contributed by atoms with van der Waals surface area (Å²) in [5, 5.41) is 0. The van der Waals surface area contributed by atoms with Crippen LogP contribution in [0.4, 0.5) is 0 Å². The number of rotatable bonds is 2. The maximum Gasteiger partial charge on any atom is 0.0641 e. The number of ether oxygens (including phenoxy) is 1. The average molecular weight is 212 g/mol. The van der Waals surface area contributed by atoms with Crippen molar-refractivity contribution in [3.05, 3.63) is 0 Å². The molecule has 2 rings (SSSR count). The maximum atomic E-state index is 5.83. The highest BCUT2D eigenvalue weighted by molar-refractivity contribution is 4.90. The van der Waals surface area contributed by atoms with Gasteiger partial charge in [0.05, 0.1) is 5.60 Å². The molecule has 0 amide bonds. The lowest BCUT2D eigenvalue weighted by atomic mass is 9.92. The van der Waals surface area contributed by atoms with Crippen molar-refractivity contribution in [2.45, 2.75) is 57.2 Å². The van der Waals surface area contributed by atoms with Crippen LogP contribution >= 0.6 is 0 Å². The largest absolute Gasteiger partial charge is 0.375 e. The summed E-state index contributed by atoms with van der Waals surface area (Å²) in [5.41, 5.74) is 5.89. The average Bonchev–Trinajstić information content (AvgIpc) is 2.63. The Labute approximate surface area is 93.0 Å². The molecular formula is C12H24N2O. The molecule has 0 aromatic rings. The van der Waals surface area contributed by atoms with E-state index in [4.69, 9.17) is 10.5 Å². The quantitative estimate of drug-likeness (QED) is 0.751. The molecule has 2 saturated heterocycles. The summed E-state index contributed by atoms with van der Waals surface area (Å²) in [6.45, 7) is 7.37. The van der Waals surface area contributed by atoms with E-state index in [-0.39, 0.29) is 5.60 Å². The molecule has 0 aromatic carbocycles. The van der Waals surface area contributed by atoms with Gasteiger partial charge in [-0.25, -0.2) is 0 Å². The third kappa shape index (κ3) is 2.52. The Kier molecular flexibility index (Phi) is 3.33. The van der Waals surface area contributed by atoms with Crippen LogP contribution in [0.3, 0.4) is 0 Å². The van der Waals surface area contributed by atoms with E-state index in [2.05, 4.69) is 18.7 Å². The SMILES string of the molecule is CC1(C)CC(N2CCCC2CN)CCO1. The molecule has 0 saturated carbocycles. The lowest BCUT2D eigenvalue weighted by Gasteiger charge is -2.41. The van der Waals surface area contributed by atoms with Crippen LogP contribution in [-0.4, -0.2) is 42.3 Å². The van der Waals surface area contributed by atoms with Gasteiger partial charge >= 0.3 is 0 Å². The summed E-state index contributed by atoms with van der Waals surface area (Å²) in [4.78, 5) is 2.63. The Balaban J connectivity index is 1.97. The van der Waals surface area contributed by atoms with Crippen molar-refractivity contribution in [1.29, 1.82) is 0 Å². The van der Waals surface area contributed by atoms with Gasteiger partial charge in [0.2, 0.25) is 0 Å². The summed E-state index contributed by atoms with van der Waals surface area (Å²) in [5.74, 6) is 0. The Hall–Kier alpha value is -0.120. The highest BCUT2D eigenvalue weighted by Gasteiger charge is 2.36. The van der Waals surface area contributed by atoms with Crippen LogP contribution in [0, 0.1) is 0 Å². The van der Waals surface area contributed by atoms with E-state index in [1.165, 1.54) is 25.8 Å². The second-order valence-corrected chi connectivity index (χ2v) is 5.52.